The summed E-state index contributed by atoms with van der Waals surface area (Å²) in [6.45, 7) is 1.80. The van der Waals surface area contributed by atoms with Crippen LogP contribution < -0.4 is 9.46 Å². The molecule has 4 aromatic rings. The van der Waals surface area contributed by atoms with Crippen LogP contribution in [-0.2, 0) is 28.4 Å². The van der Waals surface area contributed by atoms with Gasteiger partial charge in [0.15, 0.2) is 0 Å². The van der Waals surface area contributed by atoms with Gasteiger partial charge in [-0.3, -0.25) is 4.79 Å². The number of methoxy groups -OCH3 is 1. The Balaban J connectivity index is 1.71. The van der Waals surface area contributed by atoms with E-state index in [9.17, 15) is 23.4 Å². The first-order valence-electron chi connectivity index (χ1n) is 11.1. The number of carbonyl (C=O) groups is 1. The Kier molecular flexibility index (Phi) is 6.95. The van der Waals surface area contributed by atoms with Gasteiger partial charge in [-0.1, -0.05) is 35.5 Å². The normalized spacial score (nSPS) is 12.5. The number of sulfonamides is 1. The van der Waals surface area contributed by atoms with Crippen molar-refractivity contribution in [2.75, 3.05) is 7.11 Å². The monoisotopic (exact) mass is 510 g/mol. The summed E-state index contributed by atoms with van der Waals surface area (Å²) >= 11 is 0. The summed E-state index contributed by atoms with van der Waals surface area (Å²) in [4.78, 5) is 11.6. The van der Waals surface area contributed by atoms with Crippen LogP contribution in [0, 0.1) is 6.92 Å². The smallest absolute Gasteiger partial charge is 0.304 e. The van der Waals surface area contributed by atoms with E-state index in [1.54, 1.807) is 29.9 Å². The zero-order valence-corrected chi connectivity index (χ0v) is 20.8. The molecule has 0 bridgehead atoms. The van der Waals surface area contributed by atoms with Gasteiger partial charge in [0.05, 0.1) is 13.5 Å². The van der Waals surface area contributed by atoms with Crippen molar-refractivity contribution in [2.45, 2.75) is 30.7 Å². The van der Waals surface area contributed by atoms with E-state index < -0.39 is 21.9 Å². The van der Waals surface area contributed by atoms with Crippen LogP contribution in [0.15, 0.2) is 59.5 Å². The number of aromatic nitrogens is 3. The van der Waals surface area contributed by atoms with Gasteiger partial charge in [0, 0.05) is 19.5 Å². The van der Waals surface area contributed by atoms with Gasteiger partial charge in [-0.15, -0.1) is 5.10 Å². The van der Waals surface area contributed by atoms with Crippen LogP contribution in [0.2, 0.25) is 0 Å². The molecule has 1 atom stereocenters. The quantitative estimate of drug-likeness (QED) is 0.312. The summed E-state index contributed by atoms with van der Waals surface area (Å²) in [5.74, 6) is -1.35. The molecule has 10 nitrogen and oxygen atoms in total. The number of hydrogen-bond acceptors (Lipinski definition) is 7. The number of carboxylic acid groups (broad SMARTS) is 1. The molecule has 0 amide bonds. The fourth-order valence-corrected chi connectivity index (χ4v) is 5.27. The van der Waals surface area contributed by atoms with Crippen molar-refractivity contribution in [3.8, 4) is 11.5 Å². The minimum Gasteiger partial charge on any atom is -0.507 e. The van der Waals surface area contributed by atoms with Gasteiger partial charge in [0.1, 0.15) is 27.4 Å². The van der Waals surface area contributed by atoms with Crippen LogP contribution in [0.1, 0.15) is 34.6 Å². The maximum atomic E-state index is 12.7. The number of rotatable bonds is 9. The summed E-state index contributed by atoms with van der Waals surface area (Å²) < 4.78 is 35.1. The van der Waals surface area contributed by atoms with Gasteiger partial charge in [-0.05, 0) is 53.4 Å². The lowest BCUT2D eigenvalue weighted by atomic mass is 9.86. The number of aromatic hydroxyl groups is 1. The number of nitrogens with zero attached hydrogens (tertiary/aromatic N) is 3. The summed E-state index contributed by atoms with van der Waals surface area (Å²) in [7, 11) is -0.698. The van der Waals surface area contributed by atoms with E-state index in [-0.39, 0.29) is 23.6 Å². The third-order valence-corrected chi connectivity index (χ3v) is 7.52. The Morgan fingerprint density at radius 2 is 1.89 bits per heavy atom. The first-order valence-corrected chi connectivity index (χ1v) is 12.5. The Morgan fingerprint density at radius 3 is 2.58 bits per heavy atom. The number of phenolic OH excluding ortho intramolecular Hbond substituents is 1. The van der Waals surface area contributed by atoms with Crippen LogP contribution in [-0.4, -0.2) is 46.7 Å². The van der Waals surface area contributed by atoms with E-state index in [1.807, 2.05) is 19.1 Å². The van der Waals surface area contributed by atoms with Gasteiger partial charge >= 0.3 is 5.97 Å². The van der Waals surface area contributed by atoms with E-state index in [2.05, 4.69) is 15.0 Å². The lowest BCUT2D eigenvalue weighted by molar-refractivity contribution is -0.137. The lowest BCUT2D eigenvalue weighted by Gasteiger charge is -2.19. The number of para-hydroxylation sites is 1. The number of hydrogen-bond donors (Lipinski definition) is 3. The molecule has 0 unspecified atom stereocenters. The number of aryl methyl sites for hydroxylation is 2. The average Bonchev–Trinajstić information content (AvgIpc) is 3.22. The van der Waals surface area contributed by atoms with E-state index in [4.69, 9.17) is 4.74 Å². The van der Waals surface area contributed by atoms with E-state index in [0.29, 0.717) is 33.5 Å². The highest BCUT2D eigenvalue weighted by Gasteiger charge is 2.23. The second kappa shape index (κ2) is 9.96. The van der Waals surface area contributed by atoms with Crippen LogP contribution in [0.4, 0.5) is 0 Å². The lowest BCUT2D eigenvalue weighted by Crippen LogP contribution is -2.24. The second-order valence-corrected chi connectivity index (χ2v) is 10.2. The highest BCUT2D eigenvalue weighted by atomic mass is 32.2. The predicted octanol–water partition coefficient (Wildman–Crippen LogP) is 3.08. The molecule has 0 aliphatic carbocycles. The number of fused-ring (bicyclic) bond motifs is 1. The molecule has 0 radical (unpaired) electrons. The molecule has 36 heavy (non-hydrogen) atoms. The third kappa shape index (κ3) is 5.02. The zero-order valence-electron chi connectivity index (χ0n) is 20.0. The van der Waals surface area contributed by atoms with Crippen molar-refractivity contribution in [3.05, 3.63) is 76.9 Å². The van der Waals surface area contributed by atoms with Gasteiger partial charge in [0.25, 0.3) is 0 Å². The molecule has 0 aliphatic rings. The molecule has 11 heteroatoms. The Morgan fingerprint density at radius 1 is 1.14 bits per heavy atom. The topological polar surface area (TPSA) is 144 Å². The third-order valence-electron chi connectivity index (χ3n) is 6.07. The molecular formula is C25H26N4O6S. The van der Waals surface area contributed by atoms with Crippen LogP contribution in [0.3, 0.4) is 0 Å². The number of aliphatic carboxylic acids is 1. The molecule has 0 fully saturated rings. The van der Waals surface area contributed by atoms with Gasteiger partial charge in [-0.25, -0.2) is 17.8 Å². The van der Waals surface area contributed by atoms with Gasteiger partial charge < -0.3 is 14.9 Å². The minimum atomic E-state index is -3.97. The Bertz CT molecular complexity index is 1550. The maximum absolute atomic E-state index is 12.7. The maximum Gasteiger partial charge on any atom is 0.304 e. The fourth-order valence-electron chi connectivity index (χ4n) is 4.17. The first-order chi connectivity index (χ1) is 17.1. The van der Waals surface area contributed by atoms with E-state index in [0.717, 1.165) is 5.56 Å². The number of ether oxygens (including phenoxy) is 1. The molecule has 0 saturated heterocycles. The highest BCUT2D eigenvalue weighted by molar-refractivity contribution is 7.89. The van der Waals surface area contributed by atoms with Crippen molar-refractivity contribution >= 4 is 27.0 Å². The number of nitrogens with one attached hydrogen (secondary N) is 1. The standard InChI is InChI=1S/C25H26N4O6S/c1-15-8-9-16(10-18(15)14-26-36(33,34)23-7-5-4-6-21(23)30)19(13-24(31)32)17-11-20-25(22(12-17)35-3)29(2)28-27-20/h4-12,19,26,30H,13-14H2,1-3H3,(H,31,32)/t19-/m0/s1. The molecule has 0 saturated carbocycles. The van der Waals surface area contributed by atoms with Crippen LogP contribution in [0.25, 0.3) is 11.0 Å². The van der Waals surface area contributed by atoms with E-state index in [1.165, 1.54) is 31.4 Å². The van der Waals surface area contributed by atoms with Crippen LogP contribution in [0.5, 0.6) is 11.5 Å². The minimum absolute atomic E-state index is 0.0390. The molecule has 3 N–H and O–H groups in total. The highest BCUT2D eigenvalue weighted by Crippen LogP contribution is 2.35. The molecule has 1 aromatic heterocycles. The SMILES string of the molecule is COc1cc([C@@H](CC(=O)O)c2ccc(C)c(CNS(=O)(=O)c3ccccc3O)c2)cc2nnn(C)c12. The van der Waals surface area contributed by atoms with Crippen molar-refractivity contribution in [1.29, 1.82) is 0 Å². The molecule has 0 aliphatic heterocycles. The Labute approximate surface area is 208 Å². The van der Waals surface area contributed by atoms with Crippen molar-refractivity contribution < 1.29 is 28.2 Å². The zero-order chi connectivity index (χ0) is 26.0. The summed E-state index contributed by atoms with van der Waals surface area (Å²) in [6.07, 6.45) is -0.193. The van der Waals surface area contributed by atoms with Gasteiger partial charge in [-0.2, -0.15) is 0 Å². The largest absolute Gasteiger partial charge is 0.507 e. The molecular weight excluding hydrogens is 484 g/mol. The summed E-state index contributed by atoms with van der Waals surface area (Å²) in [6, 6.07) is 14.7. The van der Waals surface area contributed by atoms with E-state index >= 15 is 0 Å². The van der Waals surface area contributed by atoms with Crippen molar-refractivity contribution in [2.24, 2.45) is 7.05 Å². The van der Waals surface area contributed by atoms with Crippen molar-refractivity contribution in [3.63, 3.8) is 0 Å². The number of benzene rings is 3. The van der Waals surface area contributed by atoms with Crippen LogP contribution >= 0.6 is 0 Å². The molecule has 1 heterocycles. The molecule has 3 aromatic carbocycles. The Hall–Kier alpha value is -3.96. The molecule has 0 spiro atoms. The van der Waals surface area contributed by atoms with Gasteiger partial charge in [0.2, 0.25) is 10.0 Å². The summed E-state index contributed by atoms with van der Waals surface area (Å²) in [5, 5.41) is 27.8. The molecule has 188 valence electrons. The summed E-state index contributed by atoms with van der Waals surface area (Å²) in [5.41, 5.74) is 4.16. The first kappa shape index (κ1) is 25.1. The molecule has 4 rings (SSSR count). The number of phenols is 1. The fraction of sp³-hybridized carbons (Fsp3) is 0.240. The second-order valence-electron chi connectivity index (χ2n) is 8.43. The predicted molar refractivity (Wildman–Crippen MR) is 132 cm³/mol. The number of carboxylic acids is 1. The van der Waals surface area contributed by atoms with Crippen molar-refractivity contribution in [1.82, 2.24) is 19.7 Å². The average molecular weight is 511 g/mol.